The van der Waals surface area contributed by atoms with E-state index in [1.807, 2.05) is 0 Å². The SMILES string of the molecule is CC(C)(CNCC1(C(=O)O)COC1)C1CCCC1. The van der Waals surface area contributed by atoms with E-state index >= 15 is 0 Å². The number of carboxylic acid groups (broad SMARTS) is 1. The molecule has 0 unspecified atom stereocenters. The molecule has 0 aromatic heterocycles. The molecule has 0 atom stereocenters. The van der Waals surface area contributed by atoms with Gasteiger partial charge in [0.1, 0.15) is 5.41 Å². The highest BCUT2D eigenvalue weighted by Gasteiger charge is 2.46. The van der Waals surface area contributed by atoms with E-state index in [1.54, 1.807) is 0 Å². The van der Waals surface area contributed by atoms with E-state index in [0.29, 0.717) is 19.8 Å². The topological polar surface area (TPSA) is 58.6 Å². The molecule has 1 saturated heterocycles. The Hall–Kier alpha value is -0.610. The summed E-state index contributed by atoms with van der Waals surface area (Å²) < 4.78 is 5.06. The predicted molar refractivity (Wildman–Crippen MR) is 69.5 cm³/mol. The maximum atomic E-state index is 11.2. The second-order valence-corrected chi connectivity index (χ2v) is 6.65. The summed E-state index contributed by atoms with van der Waals surface area (Å²) in [5.74, 6) is 0.0448. The number of hydrogen-bond acceptors (Lipinski definition) is 3. The summed E-state index contributed by atoms with van der Waals surface area (Å²) >= 11 is 0. The van der Waals surface area contributed by atoms with Gasteiger partial charge in [-0.1, -0.05) is 26.7 Å². The van der Waals surface area contributed by atoms with Crippen molar-refractivity contribution in [2.24, 2.45) is 16.7 Å². The molecule has 1 aliphatic heterocycles. The summed E-state index contributed by atoms with van der Waals surface area (Å²) in [4.78, 5) is 11.2. The number of aliphatic carboxylic acids is 1. The van der Waals surface area contributed by atoms with Crippen molar-refractivity contribution < 1.29 is 14.6 Å². The van der Waals surface area contributed by atoms with E-state index in [-0.39, 0.29) is 5.41 Å². The standard InChI is InChI=1S/C14H25NO3/c1-13(2,11-5-3-4-6-11)7-15-8-14(12(16)17)9-18-10-14/h11,15H,3-10H2,1-2H3,(H,16,17). The maximum absolute atomic E-state index is 11.2. The van der Waals surface area contributed by atoms with Crippen LogP contribution in [0.25, 0.3) is 0 Å². The fourth-order valence-electron chi connectivity index (χ4n) is 3.13. The summed E-state index contributed by atoms with van der Waals surface area (Å²) in [6, 6.07) is 0. The van der Waals surface area contributed by atoms with Crippen LogP contribution in [-0.2, 0) is 9.53 Å². The molecule has 0 bridgehead atoms. The van der Waals surface area contributed by atoms with Gasteiger partial charge in [-0.2, -0.15) is 0 Å². The molecule has 0 aromatic carbocycles. The van der Waals surface area contributed by atoms with Gasteiger partial charge in [0, 0.05) is 13.1 Å². The van der Waals surface area contributed by atoms with Gasteiger partial charge >= 0.3 is 5.97 Å². The van der Waals surface area contributed by atoms with Crippen molar-refractivity contribution in [3.8, 4) is 0 Å². The van der Waals surface area contributed by atoms with Crippen LogP contribution >= 0.6 is 0 Å². The minimum Gasteiger partial charge on any atom is -0.481 e. The molecule has 1 heterocycles. The molecule has 2 fully saturated rings. The van der Waals surface area contributed by atoms with Crippen LogP contribution in [0.5, 0.6) is 0 Å². The molecule has 1 saturated carbocycles. The largest absolute Gasteiger partial charge is 0.481 e. The van der Waals surface area contributed by atoms with Crippen LogP contribution in [0.4, 0.5) is 0 Å². The van der Waals surface area contributed by atoms with Gasteiger partial charge in [-0.05, 0) is 24.2 Å². The zero-order valence-electron chi connectivity index (χ0n) is 11.5. The third-order valence-electron chi connectivity index (χ3n) is 4.71. The first-order chi connectivity index (χ1) is 8.46. The highest BCUT2D eigenvalue weighted by Crippen LogP contribution is 2.39. The normalized spacial score (nSPS) is 23.9. The number of ether oxygens (including phenoxy) is 1. The molecule has 18 heavy (non-hydrogen) atoms. The van der Waals surface area contributed by atoms with Crippen LogP contribution in [0, 0.1) is 16.7 Å². The molecular formula is C14H25NO3. The van der Waals surface area contributed by atoms with Crippen molar-refractivity contribution >= 4 is 5.97 Å². The van der Waals surface area contributed by atoms with Crippen LogP contribution in [0.3, 0.4) is 0 Å². The van der Waals surface area contributed by atoms with Crippen LogP contribution < -0.4 is 5.32 Å². The van der Waals surface area contributed by atoms with Crippen molar-refractivity contribution in [3.05, 3.63) is 0 Å². The van der Waals surface area contributed by atoms with Gasteiger partial charge < -0.3 is 15.2 Å². The molecule has 0 radical (unpaired) electrons. The van der Waals surface area contributed by atoms with E-state index in [9.17, 15) is 9.90 Å². The summed E-state index contributed by atoms with van der Waals surface area (Å²) in [6.45, 7) is 6.70. The average molecular weight is 255 g/mol. The van der Waals surface area contributed by atoms with Crippen molar-refractivity contribution in [2.75, 3.05) is 26.3 Å². The number of hydrogen-bond donors (Lipinski definition) is 2. The Morgan fingerprint density at radius 3 is 2.44 bits per heavy atom. The fourth-order valence-corrected chi connectivity index (χ4v) is 3.13. The molecule has 0 spiro atoms. The molecular weight excluding hydrogens is 230 g/mol. The molecule has 0 aromatic rings. The van der Waals surface area contributed by atoms with E-state index in [0.717, 1.165) is 12.5 Å². The fraction of sp³-hybridized carbons (Fsp3) is 0.929. The van der Waals surface area contributed by atoms with Crippen molar-refractivity contribution in [1.82, 2.24) is 5.32 Å². The molecule has 4 heteroatoms. The molecule has 2 aliphatic rings. The number of nitrogens with one attached hydrogen (secondary N) is 1. The van der Waals surface area contributed by atoms with Gasteiger partial charge in [0.2, 0.25) is 0 Å². The number of carboxylic acids is 1. The number of rotatable bonds is 6. The van der Waals surface area contributed by atoms with Crippen LogP contribution in [0.1, 0.15) is 39.5 Å². The Balaban J connectivity index is 1.79. The highest BCUT2D eigenvalue weighted by molar-refractivity contribution is 5.76. The zero-order valence-corrected chi connectivity index (χ0v) is 11.5. The van der Waals surface area contributed by atoms with E-state index in [4.69, 9.17) is 4.74 Å². The first-order valence-corrected chi connectivity index (χ1v) is 6.98. The molecule has 2 N–H and O–H groups in total. The molecule has 1 aliphatic carbocycles. The second-order valence-electron chi connectivity index (χ2n) is 6.65. The average Bonchev–Trinajstić information content (AvgIpc) is 2.74. The Morgan fingerprint density at radius 2 is 2.00 bits per heavy atom. The van der Waals surface area contributed by atoms with Gasteiger partial charge in [0.05, 0.1) is 13.2 Å². The van der Waals surface area contributed by atoms with Gasteiger partial charge in [-0.15, -0.1) is 0 Å². The van der Waals surface area contributed by atoms with Crippen molar-refractivity contribution in [1.29, 1.82) is 0 Å². The van der Waals surface area contributed by atoms with E-state index in [2.05, 4.69) is 19.2 Å². The summed E-state index contributed by atoms with van der Waals surface area (Å²) in [5.41, 5.74) is -0.410. The van der Waals surface area contributed by atoms with Crippen LogP contribution in [0.2, 0.25) is 0 Å². The van der Waals surface area contributed by atoms with Gasteiger partial charge in [-0.3, -0.25) is 4.79 Å². The van der Waals surface area contributed by atoms with Crippen LogP contribution in [-0.4, -0.2) is 37.4 Å². The summed E-state index contributed by atoms with van der Waals surface area (Å²) in [7, 11) is 0. The molecule has 4 nitrogen and oxygen atoms in total. The predicted octanol–water partition coefficient (Wildman–Crippen LogP) is 1.89. The van der Waals surface area contributed by atoms with Gasteiger partial charge in [-0.25, -0.2) is 0 Å². The van der Waals surface area contributed by atoms with Gasteiger partial charge in [0.25, 0.3) is 0 Å². The lowest BCUT2D eigenvalue weighted by atomic mass is 9.77. The second kappa shape index (κ2) is 5.17. The molecule has 104 valence electrons. The first kappa shape index (κ1) is 13.8. The summed E-state index contributed by atoms with van der Waals surface area (Å²) in [6.07, 6.45) is 5.34. The summed E-state index contributed by atoms with van der Waals surface area (Å²) in [5, 5.41) is 12.6. The minimum atomic E-state index is -0.736. The minimum absolute atomic E-state index is 0.265. The highest BCUT2D eigenvalue weighted by atomic mass is 16.5. The Kier molecular flexibility index (Phi) is 3.97. The lowest BCUT2D eigenvalue weighted by molar-refractivity contribution is -0.178. The smallest absolute Gasteiger partial charge is 0.315 e. The Labute approximate surface area is 109 Å². The third kappa shape index (κ3) is 2.69. The lowest BCUT2D eigenvalue weighted by Crippen LogP contribution is -2.56. The number of carbonyl (C=O) groups is 1. The van der Waals surface area contributed by atoms with Crippen molar-refractivity contribution in [3.63, 3.8) is 0 Å². The van der Waals surface area contributed by atoms with E-state index < -0.39 is 11.4 Å². The zero-order chi connectivity index (χ0) is 13.2. The monoisotopic (exact) mass is 255 g/mol. The third-order valence-corrected chi connectivity index (χ3v) is 4.71. The molecule has 2 rings (SSSR count). The Morgan fingerprint density at radius 1 is 1.39 bits per heavy atom. The van der Waals surface area contributed by atoms with E-state index in [1.165, 1.54) is 25.7 Å². The first-order valence-electron chi connectivity index (χ1n) is 6.98. The van der Waals surface area contributed by atoms with Gasteiger partial charge in [0.15, 0.2) is 0 Å². The van der Waals surface area contributed by atoms with Crippen molar-refractivity contribution in [2.45, 2.75) is 39.5 Å². The quantitative estimate of drug-likeness (QED) is 0.761. The maximum Gasteiger partial charge on any atom is 0.315 e. The lowest BCUT2D eigenvalue weighted by Gasteiger charge is -2.39. The van der Waals surface area contributed by atoms with Crippen LogP contribution in [0.15, 0.2) is 0 Å². The Bertz CT molecular complexity index is 304. The molecule has 0 amide bonds.